The van der Waals surface area contributed by atoms with Crippen molar-refractivity contribution in [1.29, 1.82) is 0 Å². The molecule has 1 heterocycles. The number of carbonyl (C=O) groups excluding carboxylic acids is 1. The van der Waals surface area contributed by atoms with Crippen LogP contribution in [0.5, 0.6) is 5.75 Å². The Morgan fingerprint density at radius 1 is 1.00 bits per heavy atom. The molecule has 0 atom stereocenters. The first-order valence-electron chi connectivity index (χ1n) is 11.5. The summed E-state index contributed by atoms with van der Waals surface area (Å²) < 4.78 is 11.7. The topological polar surface area (TPSA) is 76.4 Å². The van der Waals surface area contributed by atoms with Gasteiger partial charge in [0.2, 0.25) is 5.89 Å². The summed E-state index contributed by atoms with van der Waals surface area (Å²) in [7, 11) is 0. The second-order valence-corrected chi connectivity index (χ2v) is 9.21. The number of fused-ring (bicyclic) bond motifs is 1. The third-order valence-electron chi connectivity index (χ3n) is 5.59. The standard InChI is InChI=1S/C29H22ClN3O3S/c1-18-7-14-26-25(15-18)32-28(36-26)23-16-21(10-13-24(23)30)31-29(37)33-27(34)20-8-11-22(12-9-20)35-17-19-5-3-2-4-6-19/h2-16H,17H2,1H3,(H2,31,33,34,37). The van der Waals surface area contributed by atoms with E-state index in [1.54, 1.807) is 42.5 Å². The fourth-order valence-electron chi connectivity index (χ4n) is 3.70. The SMILES string of the molecule is Cc1ccc2oc(-c3cc(NC(=S)NC(=O)c4ccc(OCc5ccccc5)cc4)ccc3Cl)nc2c1. The molecule has 8 heteroatoms. The lowest BCUT2D eigenvalue weighted by atomic mass is 10.2. The van der Waals surface area contributed by atoms with Gasteiger partial charge < -0.3 is 14.5 Å². The van der Waals surface area contributed by atoms with Gasteiger partial charge in [-0.15, -0.1) is 0 Å². The number of aryl methyl sites for hydroxylation is 1. The van der Waals surface area contributed by atoms with Gasteiger partial charge in [0.25, 0.3) is 5.91 Å². The average Bonchev–Trinajstić information content (AvgIpc) is 3.32. The number of hydrogen-bond acceptors (Lipinski definition) is 5. The number of amides is 1. The van der Waals surface area contributed by atoms with Crippen LogP contribution in [-0.4, -0.2) is 16.0 Å². The minimum absolute atomic E-state index is 0.149. The molecule has 1 aromatic heterocycles. The van der Waals surface area contributed by atoms with Crippen molar-refractivity contribution in [3.05, 3.63) is 113 Å². The molecule has 0 aliphatic rings. The molecule has 0 saturated carbocycles. The first-order chi connectivity index (χ1) is 17.9. The van der Waals surface area contributed by atoms with Gasteiger partial charge in [0.05, 0.1) is 10.6 Å². The summed E-state index contributed by atoms with van der Waals surface area (Å²) in [4.78, 5) is 17.2. The van der Waals surface area contributed by atoms with E-state index in [0.717, 1.165) is 16.6 Å². The lowest BCUT2D eigenvalue weighted by molar-refractivity contribution is 0.0977. The number of benzene rings is 4. The molecule has 6 nitrogen and oxygen atoms in total. The molecule has 5 rings (SSSR count). The van der Waals surface area contributed by atoms with Crippen LogP contribution in [0.1, 0.15) is 21.5 Å². The minimum atomic E-state index is -0.337. The molecule has 0 fully saturated rings. The normalized spacial score (nSPS) is 10.8. The molecule has 184 valence electrons. The lowest BCUT2D eigenvalue weighted by Gasteiger charge is -2.11. The summed E-state index contributed by atoms with van der Waals surface area (Å²) in [6, 6.07) is 27.8. The molecule has 5 aromatic rings. The highest BCUT2D eigenvalue weighted by Gasteiger charge is 2.14. The molecule has 4 aromatic carbocycles. The maximum absolute atomic E-state index is 12.7. The van der Waals surface area contributed by atoms with E-state index >= 15 is 0 Å². The maximum Gasteiger partial charge on any atom is 0.257 e. The zero-order valence-corrected chi connectivity index (χ0v) is 21.4. The zero-order chi connectivity index (χ0) is 25.8. The van der Waals surface area contributed by atoms with E-state index in [1.807, 2.05) is 55.5 Å². The maximum atomic E-state index is 12.7. The first kappa shape index (κ1) is 24.5. The van der Waals surface area contributed by atoms with Crippen molar-refractivity contribution in [2.45, 2.75) is 13.5 Å². The minimum Gasteiger partial charge on any atom is -0.489 e. The predicted octanol–water partition coefficient (Wildman–Crippen LogP) is 7.16. The summed E-state index contributed by atoms with van der Waals surface area (Å²) in [6.45, 7) is 2.45. The number of thiocarbonyl (C=S) groups is 1. The zero-order valence-electron chi connectivity index (χ0n) is 19.8. The fourth-order valence-corrected chi connectivity index (χ4v) is 4.11. The average molecular weight is 528 g/mol. The highest BCUT2D eigenvalue weighted by Crippen LogP contribution is 2.32. The Labute approximate surface area is 224 Å². The van der Waals surface area contributed by atoms with Crippen LogP contribution >= 0.6 is 23.8 Å². The van der Waals surface area contributed by atoms with Gasteiger partial charge in [0, 0.05) is 11.3 Å². The summed E-state index contributed by atoms with van der Waals surface area (Å²) >= 11 is 11.8. The number of anilines is 1. The Morgan fingerprint density at radius 2 is 1.78 bits per heavy atom. The largest absolute Gasteiger partial charge is 0.489 e. The van der Waals surface area contributed by atoms with Crippen LogP contribution in [0.25, 0.3) is 22.6 Å². The molecule has 0 spiro atoms. The van der Waals surface area contributed by atoms with Crippen molar-refractivity contribution < 1.29 is 13.9 Å². The highest BCUT2D eigenvalue weighted by atomic mass is 35.5. The monoisotopic (exact) mass is 527 g/mol. The number of nitrogens with zero attached hydrogens (tertiary/aromatic N) is 1. The summed E-state index contributed by atoms with van der Waals surface area (Å²) in [6.07, 6.45) is 0. The number of carbonyl (C=O) groups is 1. The molecule has 1 amide bonds. The van der Waals surface area contributed by atoms with E-state index in [9.17, 15) is 4.79 Å². The van der Waals surface area contributed by atoms with Gasteiger partial charge in [-0.3, -0.25) is 10.1 Å². The number of rotatable bonds is 6. The number of oxazole rings is 1. The van der Waals surface area contributed by atoms with Crippen LogP contribution in [0, 0.1) is 6.92 Å². The fraction of sp³-hybridized carbons (Fsp3) is 0.0690. The van der Waals surface area contributed by atoms with Crippen LogP contribution < -0.4 is 15.4 Å². The van der Waals surface area contributed by atoms with Crippen molar-refractivity contribution in [2.24, 2.45) is 0 Å². The van der Waals surface area contributed by atoms with Crippen LogP contribution in [0.15, 0.2) is 95.4 Å². The van der Waals surface area contributed by atoms with Gasteiger partial charge in [-0.2, -0.15) is 0 Å². The molecule has 2 N–H and O–H groups in total. The quantitative estimate of drug-likeness (QED) is 0.228. The lowest BCUT2D eigenvalue weighted by Crippen LogP contribution is -2.34. The van der Waals surface area contributed by atoms with Gasteiger partial charge in [0.1, 0.15) is 17.9 Å². The van der Waals surface area contributed by atoms with Gasteiger partial charge in [0.15, 0.2) is 10.7 Å². The van der Waals surface area contributed by atoms with Crippen molar-refractivity contribution in [3.63, 3.8) is 0 Å². The summed E-state index contributed by atoms with van der Waals surface area (Å²) in [5.74, 6) is 0.735. The van der Waals surface area contributed by atoms with Crippen LogP contribution in [0.3, 0.4) is 0 Å². The number of hydrogen-bond donors (Lipinski definition) is 2. The van der Waals surface area contributed by atoms with E-state index < -0.39 is 0 Å². The van der Waals surface area contributed by atoms with Gasteiger partial charge in [-0.25, -0.2) is 4.98 Å². The smallest absolute Gasteiger partial charge is 0.257 e. The second-order valence-electron chi connectivity index (χ2n) is 8.39. The van der Waals surface area contributed by atoms with Crippen LogP contribution in [0.4, 0.5) is 5.69 Å². The van der Waals surface area contributed by atoms with E-state index in [1.165, 1.54) is 0 Å². The number of aromatic nitrogens is 1. The molecule has 0 unspecified atom stereocenters. The van der Waals surface area contributed by atoms with E-state index in [-0.39, 0.29) is 11.0 Å². The molecule has 37 heavy (non-hydrogen) atoms. The van der Waals surface area contributed by atoms with Crippen molar-refractivity contribution in [1.82, 2.24) is 10.3 Å². The van der Waals surface area contributed by atoms with Crippen LogP contribution in [-0.2, 0) is 6.61 Å². The van der Waals surface area contributed by atoms with Crippen molar-refractivity contribution in [3.8, 4) is 17.2 Å². The summed E-state index contributed by atoms with van der Waals surface area (Å²) in [5.41, 5.74) is 5.28. The molecule has 0 aliphatic heterocycles. The van der Waals surface area contributed by atoms with E-state index in [2.05, 4.69) is 15.6 Å². The third kappa shape index (κ3) is 5.97. The molecule has 0 aliphatic carbocycles. The van der Waals surface area contributed by atoms with Gasteiger partial charge in [-0.1, -0.05) is 48.0 Å². The molecule has 0 bridgehead atoms. The third-order valence-corrected chi connectivity index (χ3v) is 6.12. The first-order valence-corrected chi connectivity index (χ1v) is 12.3. The second kappa shape index (κ2) is 10.8. The number of nitrogens with one attached hydrogen (secondary N) is 2. The predicted molar refractivity (Wildman–Crippen MR) is 150 cm³/mol. The Morgan fingerprint density at radius 3 is 2.57 bits per heavy atom. The number of ether oxygens (including phenoxy) is 1. The van der Waals surface area contributed by atoms with Crippen molar-refractivity contribution >= 4 is 51.6 Å². The van der Waals surface area contributed by atoms with Crippen LogP contribution in [0.2, 0.25) is 5.02 Å². The Balaban J connectivity index is 1.22. The van der Waals surface area contributed by atoms with Gasteiger partial charge in [-0.05, 0) is 84.9 Å². The van der Waals surface area contributed by atoms with E-state index in [4.69, 9.17) is 33.0 Å². The van der Waals surface area contributed by atoms with Crippen molar-refractivity contribution in [2.75, 3.05) is 5.32 Å². The summed E-state index contributed by atoms with van der Waals surface area (Å²) in [5, 5.41) is 6.35. The molecule has 0 saturated heterocycles. The highest BCUT2D eigenvalue weighted by molar-refractivity contribution is 7.80. The Bertz CT molecular complexity index is 1580. The van der Waals surface area contributed by atoms with Gasteiger partial charge >= 0.3 is 0 Å². The molecular weight excluding hydrogens is 506 g/mol. The Kier molecular flexibility index (Phi) is 7.16. The molecule has 0 radical (unpaired) electrons. The number of halogens is 1. The van der Waals surface area contributed by atoms with E-state index in [0.29, 0.717) is 45.7 Å². The molecular formula is C29H22ClN3O3S. The Hall–Kier alpha value is -4.20.